The first-order valence-electron chi connectivity index (χ1n) is 9.40. The number of nitrogens with one attached hydrogen (secondary N) is 2. The summed E-state index contributed by atoms with van der Waals surface area (Å²) in [6, 6.07) is 13.6. The smallest absolute Gasteiger partial charge is 0.259 e. The number of nitrogens with zero attached hydrogens (tertiary/aromatic N) is 1. The van der Waals surface area contributed by atoms with Crippen molar-refractivity contribution in [2.75, 3.05) is 10.6 Å². The van der Waals surface area contributed by atoms with E-state index in [1.54, 1.807) is 38.2 Å². The molecule has 2 heterocycles. The minimum atomic E-state index is -0.661. The molecule has 7 nitrogen and oxygen atoms in total. The molecule has 31 heavy (non-hydrogen) atoms. The van der Waals surface area contributed by atoms with Crippen LogP contribution < -0.4 is 16.2 Å². The second-order valence-corrected chi connectivity index (χ2v) is 6.97. The van der Waals surface area contributed by atoms with Crippen LogP contribution in [0.1, 0.15) is 26.5 Å². The molecule has 0 atom stereocenters. The molecule has 2 N–H and O–H groups in total. The van der Waals surface area contributed by atoms with Gasteiger partial charge in [0, 0.05) is 24.2 Å². The molecule has 0 radical (unpaired) electrons. The van der Waals surface area contributed by atoms with Crippen molar-refractivity contribution in [2.45, 2.75) is 6.92 Å². The lowest BCUT2D eigenvalue weighted by Crippen LogP contribution is -2.21. The molecule has 0 bridgehead atoms. The number of aryl methyl sites for hydroxylation is 2. The van der Waals surface area contributed by atoms with Gasteiger partial charge in [-0.2, -0.15) is 0 Å². The molecule has 4 aromatic rings. The minimum absolute atomic E-state index is 0.0998. The van der Waals surface area contributed by atoms with Gasteiger partial charge in [0.15, 0.2) is 0 Å². The number of fused-ring (bicyclic) bond motifs is 1. The summed E-state index contributed by atoms with van der Waals surface area (Å²) in [5, 5.41) is 5.74. The Morgan fingerprint density at radius 2 is 1.71 bits per heavy atom. The molecular weight excluding hydrogens is 401 g/mol. The number of hydrogen-bond donors (Lipinski definition) is 2. The van der Waals surface area contributed by atoms with E-state index < -0.39 is 17.6 Å². The summed E-state index contributed by atoms with van der Waals surface area (Å²) in [6.45, 7) is 1.62. The number of benzene rings is 2. The Hall–Kier alpha value is -4.20. The summed E-state index contributed by atoms with van der Waals surface area (Å²) >= 11 is 0. The van der Waals surface area contributed by atoms with Gasteiger partial charge in [-0.3, -0.25) is 14.4 Å². The molecule has 0 aliphatic rings. The molecule has 8 heteroatoms. The highest BCUT2D eigenvalue weighted by molar-refractivity contribution is 6.12. The van der Waals surface area contributed by atoms with Crippen LogP contribution in [0.2, 0.25) is 0 Å². The zero-order valence-electron chi connectivity index (χ0n) is 16.7. The van der Waals surface area contributed by atoms with E-state index in [2.05, 4.69) is 10.6 Å². The number of rotatable bonds is 4. The average Bonchev–Trinajstić information content (AvgIpc) is 3.19. The Bertz CT molecular complexity index is 1390. The monoisotopic (exact) mass is 419 g/mol. The van der Waals surface area contributed by atoms with Gasteiger partial charge in [-0.15, -0.1) is 0 Å². The fourth-order valence-corrected chi connectivity index (χ4v) is 3.31. The molecule has 156 valence electrons. The normalized spacial score (nSPS) is 10.8. The Morgan fingerprint density at radius 1 is 0.968 bits per heavy atom. The SMILES string of the molecule is Cc1occc1C(=O)Nc1cc(NC(=O)c2cc(=O)n(C)c3ccccc23)ccc1F. The largest absolute Gasteiger partial charge is 0.469 e. The van der Waals surface area contributed by atoms with Crippen molar-refractivity contribution in [1.29, 1.82) is 0 Å². The highest BCUT2D eigenvalue weighted by atomic mass is 19.1. The number of anilines is 2. The first kappa shape index (κ1) is 20.1. The zero-order valence-corrected chi connectivity index (χ0v) is 16.7. The predicted octanol–water partition coefficient (Wildman–Crippen LogP) is 4.08. The second kappa shape index (κ2) is 7.91. The van der Waals surface area contributed by atoms with Crippen molar-refractivity contribution in [3.8, 4) is 0 Å². The number of halogens is 1. The fourth-order valence-electron chi connectivity index (χ4n) is 3.31. The van der Waals surface area contributed by atoms with Gasteiger partial charge in [-0.25, -0.2) is 4.39 Å². The van der Waals surface area contributed by atoms with Gasteiger partial charge < -0.3 is 19.6 Å². The van der Waals surface area contributed by atoms with E-state index in [0.717, 1.165) is 6.07 Å². The first-order valence-corrected chi connectivity index (χ1v) is 9.40. The lowest BCUT2D eigenvalue weighted by Gasteiger charge is -2.12. The van der Waals surface area contributed by atoms with Crippen LogP contribution in [0.15, 0.2) is 70.1 Å². The van der Waals surface area contributed by atoms with Crippen LogP contribution in [-0.4, -0.2) is 16.4 Å². The summed E-state index contributed by atoms with van der Waals surface area (Å²) in [4.78, 5) is 37.5. The average molecular weight is 419 g/mol. The number of carbonyl (C=O) groups is 2. The van der Waals surface area contributed by atoms with Gasteiger partial charge in [0.2, 0.25) is 0 Å². The molecule has 0 aliphatic carbocycles. The van der Waals surface area contributed by atoms with Gasteiger partial charge in [0.25, 0.3) is 17.4 Å². The van der Waals surface area contributed by atoms with E-state index >= 15 is 0 Å². The van der Waals surface area contributed by atoms with Crippen LogP contribution in [0.3, 0.4) is 0 Å². The first-order chi connectivity index (χ1) is 14.8. The zero-order chi connectivity index (χ0) is 22.1. The van der Waals surface area contributed by atoms with Crippen molar-refractivity contribution >= 4 is 34.1 Å². The number of aromatic nitrogens is 1. The highest BCUT2D eigenvalue weighted by Crippen LogP contribution is 2.23. The quantitative estimate of drug-likeness (QED) is 0.521. The van der Waals surface area contributed by atoms with Crippen molar-refractivity contribution in [3.05, 3.63) is 93.9 Å². The van der Waals surface area contributed by atoms with E-state index in [1.165, 1.54) is 35.1 Å². The molecule has 0 unspecified atom stereocenters. The van der Waals surface area contributed by atoms with E-state index in [4.69, 9.17) is 4.42 Å². The standard InChI is InChI=1S/C23H18FN3O4/c1-13-15(9-10-31-13)22(29)26-19-11-14(7-8-18(19)24)25-23(30)17-12-21(28)27(2)20-6-4-3-5-16(17)20/h3-12H,1-2H3,(H,25,30)(H,26,29). The number of hydrogen-bond acceptors (Lipinski definition) is 4. The second-order valence-electron chi connectivity index (χ2n) is 6.97. The van der Waals surface area contributed by atoms with Crippen molar-refractivity contribution in [3.63, 3.8) is 0 Å². The summed E-state index contributed by atoms with van der Waals surface area (Å²) in [6.07, 6.45) is 1.37. The van der Waals surface area contributed by atoms with Crippen molar-refractivity contribution in [1.82, 2.24) is 4.57 Å². The van der Waals surface area contributed by atoms with Gasteiger partial charge >= 0.3 is 0 Å². The van der Waals surface area contributed by atoms with Gasteiger partial charge in [-0.05, 0) is 37.3 Å². The van der Waals surface area contributed by atoms with E-state index in [9.17, 15) is 18.8 Å². The van der Waals surface area contributed by atoms with Crippen LogP contribution >= 0.6 is 0 Å². The maximum Gasteiger partial charge on any atom is 0.259 e. The number of para-hydroxylation sites is 1. The lowest BCUT2D eigenvalue weighted by atomic mass is 10.1. The topological polar surface area (TPSA) is 93.3 Å². The molecule has 2 aromatic carbocycles. The number of amides is 2. The Balaban J connectivity index is 1.63. The Morgan fingerprint density at radius 3 is 2.45 bits per heavy atom. The fraction of sp³-hybridized carbons (Fsp3) is 0.0870. The van der Waals surface area contributed by atoms with Gasteiger partial charge in [-0.1, -0.05) is 18.2 Å². The molecule has 0 saturated carbocycles. The predicted molar refractivity (Wildman–Crippen MR) is 115 cm³/mol. The number of furan rings is 1. The van der Waals surface area contributed by atoms with Crippen molar-refractivity contribution in [2.24, 2.45) is 7.05 Å². The van der Waals surface area contributed by atoms with Crippen LogP contribution in [0.5, 0.6) is 0 Å². The maximum atomic E-state index is 14.2. The third-order valence-electron chi connectivity index (χ3n) is 4.97. The summed E-state index contributed by atoms with van der Waals surface area (Å²) in [5.74, 6) is -1.32. The molecule has 0 spiro atoms. The van der Waals surface area contributed by atoms with Crippen LogP contribution in [0.25, 0.3) is 10.9 Å². The van der Waals surface area contributed by atoms with Gasteiger partial charge in [0.05, 0.1) is 28.6 Å². The molecule has 4 rings (SSSR count). The lowest BCUT2D eigenvalue weighted by molar-refractivity contribution is 0.101. The molecule has 0 aliphatic heterocycles. The Labute approximate surface area is 176 Å². The number of carbonyl (C=O) groups excluding carboxylic acids is 2. The van der Waals surface area contributed by atoms with E-state index in [1.807, 2.05) is 0 Å². The Kier molecular flexibility index (Phi) is 5.12. The van der Waals surface area contributed by atoms with Crippen LogP contribution in [-0.2, 0) is 7.05 Å². The maximum absolute atomic E-state index is 14.2. The summed E-state index contributed by atoms with van der Waals surface area (Å²) < 4.78 is 20.8. The third-order valence-corrected chi connectivity index (χ3v) is 4.97. The molecule has 0 saturated heterocycles. The summed E-state index contributed by atoms with van der Waals surface area (Å²) in [7, 11) is 1.63. The molecule has 0 fully saturated rings. The summed E-state index contributed by atoms with van der Waals surface area (Å²) in [5.41, 5.74) is 0.921. The minimum Gasteiger partial charge on any atom is -0.469 e. The number of pyridine rings is 1. The van der Waals surface area contributed by atoms with E-state index in [-0.39, 0.29) is 28.1 Å². The molecule has 2 aromatic heterocycles. The van der Waals surface area contributed by atoms with E-state index in [0.29, 0.717) is 16.7 Å². The third kappa shape index (κ3) is 3.83. The highest BCUT2D eigenvalue weighted by Gasteiger charge is 2.17. The van der Waals surface area contributed by atoms with Gasteiger partial charge in [0.1, 0.15) is 11.6 Å². The van der Waals surface area contributed by atoms with Crippen molar-refractivity contribution < 1.29 is 18.4 Å². The molecule has 2 amide bonds. The van der Waals surface area contributed by atoms with Crippen LogP contribution in [0, 0.1) is 12.7 Å². The van der Waals surface area contributed by atoms with Crippen LogP contribution in [0.4, 0.5) is 15.8 Å². The molecular formula is C23H18FN3O4.